The first-order valence-electron chi connectivity index (χ1n) is 6.40. The second-order valence-corrected chi connectivity index (χ2v) is 6.67. The Balaban J connectivity index is 1.89. The van der Waals surface area contributed by atoms with Crippen molar-refractivity contribution in [2.75, 3.05) is 5.32 Å². The number of amides is 2. The van der Waals surface area contributed by atoms with Gasteiger partial charge < -0.3 is 5.32 Å². The summed E-state index contributed by atoms with van der Waals surface area (Å²) in [5, 5.41) is 7.12. The number of benzene rings is 1. The molecular formula is C14H15Cl2N3OS. The number of thiazole rings is 1. The molecule has 0 unspecified atom stereocenters. The minimum Gasteiger partial charge on any atom is -0.334 e. The van der Waals surface area contributed by atoms with Crippen LogP contribution >= 0.6 is 34.5 Å². The number of carbonyl (C=O) groups excluding carboxylic acids is 1. The van der Waals surface area contributed by atoms with Crippen LogP contribution in [-0.2, 0) is 6.54 Å². The van der Waals surface area contributed by atoms with Gasteiger partial charge in [-0.15, -0.1) is 11.3 Å². The van der Waals surface area contributed by atoms with Crippen molar-refractivity contribution in [2.24, 2.45) is 0 Å². The van der Waals surface area contributed by atoms with Gasteiger partial charge in [-0.3, -0.25) is 5.32 Å². The third-order valence-corrected chi connectivity index (χ3v) is 4.57. The Labute approximate surface area is 137 Å². The summed E-state index contributed by atoms with van der Waals surface area (Å²) in [6.45, 7) is 4.49. The van der Waals surface area contributed by atoms with Gasteiger partial charge in [0.1, 0.15) is 0 Å². The molecular weight excluding hydrogens is 329 g/mol. The van der Waals surface area contributed by atoms with E-state index in [1.54, 1.807) is 24.4 Å². The fourth-order valence-corrected chi connectivity index (χ4v) is 2.88. The maximum atomic E-state index is 11.8. The fraction of sp³-hybridized carbons (Fsp3) is 0.286. The molecule has 4 nitrogen and oxygen atoms in total. The number of carbonyl (C=O) groups is 1. The zero-order chi connectivity index (χ0) is 15.4. The van der Waals surface area contributed by atoms with Crippen LogP contribution in [0.5, 0.6) is 0 Å². The lowest BCUT2D eigenvalue weighted by atomic mass is 10.2. The summed E-state index contributed by atoms with van der Waals surface area (Å²) < 4.78 is 0. The maximum Gasteiger partial charge on any atom is 0.321 e. The first-order valence-corrected chi connectivity index (χ1v) is 7.97. The normalized spacial score (nSPS) is 10.7. The van der Waals surface area contributed by atoms with Crippen molar-refractivity contribution in [3.8, 4) is 0 Å². The van der Waals surface area contributed by atoms with E-state index < -0.39 is 0 Å². The Hall–Kier alpha value is -1.30. The quantitative estimate of drug-likeness (QED) is 0.829. The molecule has 0 spiro atoms. The molecule has 7 heteroatoms. The molecule has 0 aliphatic rings. The van der Waals surface area contributed by atoms with Crippen LogP contribution in [0.15, 0.2) is 24.4 Å². The third kappa shape index (κ3) is 4.59. The second kappa shape index (κ2) is 7.11. The van der Waals surface area contributed by atoms with Crippen LogP contribution < -0.4 is 10.6 Å². The largest absolute Gasteiger partial charge is 0.334 e. The number of halogens is 2. The molecule has 0 aliphatic heterocycles. The highest BCUT2D eigenvalue weighted by molar-refractivity contribution is 7.15. The minimum atomic E-state index is -0.314. The lowest BCUT2D eigenvalue weighted by Gasteiger charge is -2.07. The number of anilines is 1. The summed E-state index contributed by atoms with van der Waals surface area (Å²) in [5.74, 6) is 0.397. The molecule has 0 radical (unpaired) electrons. The fourth-order valence-electron chi connectivity index (χ4n) is 1.59. The molecule has 0 saturated heterocycles. The van der Waals surface area contributed by atoms with Crippen LogP contribution in [0, 0.1) is 0 Å². The van der Waals surface area contributed by atoms with E-state index in [0.29, 0.717) is 27.6 Å². The van der Waals surface area contributed by atoms with Crippen LogP contribution in [0.4, 0.5) is 9.93 Å². The van der Waals surface area contributed by atoms with Gasteiger partial charge in [-0.1, -0.05) is 43.1 Å². The predicted octanol–water partition coefficient (Wildman–Crippen LogP) is 4.90. The summed E-state index contributed by atoms with van der Waals surface area (Å²) in [4.78, 5) is 17.1. The monoisotopic (exact) mass is 343 g/mol. The van der Waals surface area contributed by atoms with Crippen molar-refractivity contribution in [3.05, 3.63) is 44.9 Å². The van der Waals surface area contributed by atoms with Gasteiger partial charge in [-0.25, -0.2) is 9.78 Å². The molecule has 1 aromatic heterocycles. The Bertz CT molecular complexity index is 643. The summed E-state index contributed by atoms with van der Waals surface area (Å²) >= 11 is 13.3. The van der Waals surface area contributed by atoms with E-state index in [4.69, 9.17) is 23.2 Å². The van der Waals surface area contributed by atoms with E-state index in [1.807, 2.05) is 0 Å². The van der Waals surface area contributed by atoms with E-state index in [1.165, 1.54) is 11.3 Å². The van der Waals surface area contributed by atoms with Crippen molar-refractivity contribution in [1.29, 1.82) is 0 Å². The molecule has 0 bridgehead atoms. The number of aromatic nitrogens is 1. The van der Waals surface area contributed by atoms with Gasteiger partial charge in [0.05, 0.1) is 0 Å². The summed E-state index contributed by atoms with van der Waals surface area (Å²) in [6.07, 6.45) is 1.78. The first kappa shape index (κ1) is 16.1. The predicted molar refractivity (Wildman–Crippen MR) is 88.5 cm³/mol. The lowest BCUT2D eigenvalue weighted by Crippen LogP contribution is -2.28. The van der Waals surface area contributed by atoms with E-state index in [9.17, 15) is 4.79 Å². The molecule has 1 aromatic carbocycles. The molecule has 21 heavy (non-hydrogen) atoms. The SMILES string of the molecule is CC(C)c1cnc(NC(=O)NCc2ccc(Cl)cc2Cl)s1. The van der Waals surface area contributed by atoms with Crippen LogP contribution in [0.1, 0.15) is 30.2 Å². The number of hydrogen-bond acceptors (Lipinski definition) is 3. The summed E-state index contributed by atoms with van der Waals surface area (Å²) in [6, 6.07) is 4.85. The molecule has 2 amide bonds. The molecule has 0 fully saturated rings. The summed E-state index contributed by atoms with van der Waals surface area (Å²) in [5.41, 5.74) is 0.804. The number of hydrogen-bond donors (Lipinski definition) is 2. The van der Waals surface area contributed by atoms with E-state index >= 15 is 0 Å². The standard InChI is InChI=1S/C14H15Cl2N3OS/c1-8(2)12-7-18-14(21-12)19-13(20)17-6-9-3-4-10(15)5-11(9)16/h3-5,7-8H,6H2,1-2H3,(H2,17,18,19,20). The average Bonchev–Trinajstić information content (AvgIpc) is 2.86. The van der Waals surface area contributed by atoms with Crippen molar-refractivity contribution in [1.82, 2.24) is 10.3 Å². The van der Waals surface area contributed by atoms with Gasteiger partial charge in [0.2, 0.25) is 0 Å². The zero-order valence-corrected chi connectivity index (χ0v) is 13.9. The van der Waals surface area contributed by atoms with Crippen molar-refractivity contribution < 1.29 is 4.79 Å². The molecule has 112 valence electrons. The topological polar surface area (TPSA) is 54.0 Å². The highest BCUT2D eigenvalue weighted by Crippen LogP contribution is 2.25. The molecule has 2 N–H and O–H groups in total. The highest BCUT2D eigenvalue weighted by Gasteiger charge is 2.09. The molecule has 2 rings (SSSR count). The second-order valence-electron chi connectivity index (χ2n) is 4.77. The Kier molecular flexibility index (Phi) is 5.45. The van der Waals surface area contributed by atoms with Crippen LogP contribution in [0.2, 0.25) is 10.0 Å². The summed E-state index contributed by atoms with van der Waals surface area (Å²) in [7, 11) is 0. The van der Waals surface area contributed by atoms with Gasteiger partial charge in [0.25, 0.3) is 0 Å². The van der Waals surface area contributed by atoms with E-state index in [2.05, 4.69) is 29.5 Å². The van der Waals surface area contributed by atoms with E-state index in [-0.39, 0.29) is 6.03 Å². The molecule has 1 heterocycles. The number of rotatable bonds is 4. The number of nitrogens with one attached hydrogen (secondary N) is 2. The van der Waals surface area contributed by atoms with Crippen LogP contribution in [0.25, 0.3) is 0 Å². The third-order valence-electron chi connectivity index (χ3n) is 2.77. The highest BCUT2D eigenvalue weighted by atomic mass is 35.5. The maximum absolute atomic E-state index is 11.8. The van der Waals surface area contributed by atoms with Gasteiger partial charge in [0, 0.05) is 27.7 Å². The lowest BCUT2D eigenvalue weighted by molar-refractivity contribution is 0.251. The van der Waals surface area contributed by atoms with Gasteiger partial charge in [-0.05, 0) is 23.6 Å². The smallest absolute Gasteiger partial charge is 0.321 e. The number of nitrogens with zero attached hydrogens (tertiary/aromatic N) is 1. The van der Waals surface area contributed by atoms with Crippen molar-refractivity contribution in [3.63, 3.8) is 0 Å². The zero-order valence-electron chi connectivity index (χ0n) is 11.6. The Morgan fingerprint density at radius 2 is 2.14 bits per heavy atom. The molecule has 0 aliphatic carbocycles. The van der Waals surface area contributed by atoms with Crippen molar-refractivity contribution >= 4 is 45.7 Å². The number of urea groups is 1. The van der Waals surface area contributed by atoms with Crippen LogP contribution in [0.3, 0.4) is 0 Å². The molecule has 2 aromatic rings. The Morgan fingerprint density at radius 1 is 1.38 bits per heavy atom. The van der Waals surface area contributed by atoms with Crippen LogP contribution in [-0.4, -0.2) is 11.0 Å². The van der Waals surface area contributed by atoms with Gasteiger partial charge in [-0.2, -0.15) is 0 Å². The van der Waals surface area contributed by atoms with Gasteiger partial charge in [0.15, 0.2) is 5.13 Å². The molecule has 0 atom stereocenters. The Morgan fingerprint density at radius 3 is 2.76 bits per heavy atom. The minimum absolute atomic E-state index is 0.314. The molecule has 0 saturated carbocycles. The van der Waals surface area contributed by atoms with Crippen molar-refractivity contribution in [2.45, 2.75) is 26.3 Å². The first-order chi connectivity index (χ1) is 9.95. The average molecular weight is 344 g/mol. The van der Waals surface area contributed by atoms with E-state index in [0.717, 1.165) is 10.4 Å². The van der Waals surface area contributed by atoms with Gasteiger partial charge >= 0.3 is 6.03 Å².